The molecule has 9 rings (SSSR count). The van der Waals surface area contributed by atoms with Crippen LogP contribution in [0.1, 0.15) is 10.4 Å². The SMILES string of the molecule is O=C(C(=S(c1ccccc1)c1ccccc1)[S+](c1ccccc1)c1ccccc1)c1ccccc1.c1ccc([B-](c2ccccc2)(c2ccccc2)c2ccccc2)cc1. The van der Waals surface area contributed by atoms with E-state index < -0.39 is 27.5 Å². The van der Waals surface area contributed by atoms with Gasteiger partial charge in [-0.1, -0.05) is 235 Å². The van der Waals surface area contributed by atoms with Crippen LogP contribution in [0, 0.1) is 0 Å². The topological polar surface area (TPSA) is 17.1 Å². The van der Waals surface area contributed by atoms with Crippen LogP contribution in [0.25, 0.3) is 0 Å². The summed E-state index contributed by atoms with van der Waals surface area (Å²) in [6.07, 6.45) is -1.22. The number of hydrogen-bond acceptors (Lipinski definition) is 1. The molecule has 0 heterocycles. The van der Waals surface area contributed by atoms with Crippen molar-refractivity contribution < 1.29 is 4.79 Å². The van der Waals surface area contributed by atoms with Crippen molar-refractivity contribution in [3.63, 3.8) is 0 Å². The summed E-state index contributed by atoms with van der Waals surface area (Å²) < 4.78 is 0.908. The van der Waals surface area contributed by atoms with E-state index in [-0.39, 0.29) is 5.78 Å². The van der Waals surface area contributed by atoms with Gasteiger partial charge in [0.15, 0.2) is 9.79 Å². The molecule has 0 unspecified atom stereocenters. The Morgan fingerprint density at radius 1 is 0.317 bits per heavy atom. The van der Waals surface area contributed by atoms with E-state index in [9.17, 15) is 4.79 Å². The smallest absolute Gasteiger partial charge is 0.248 e. The van der Waals surface area contributed by atoms with E-state index in [2.05, 4.69) is 218 Å². The second-order valence-corrected chi connectivity index (χ2v) is 18.5. The summed E-state index contributed by atoms with van der Waals surface area (Å²) in [5.74, 6) is 0.0951. The minimum Gasteiger partial charge on any atom is -0.283 e. The van der Waals surface area contributed by atoms with Crippen molar-refractivity contribution in [2.75, 3.05) is 0 Å². The second-order valence-electron chi connectivity index (χ2n) is 14.4. The Balaban J connectivity index is 0.000000176. The Morgan fingerprint density at radius 3 is 0.867 bits per heavy atom. The Bertz CT molecular complexity index is 2470. The third kappa shape index (κ3) is 8.82. The maximum atomic E-state index is 14.5. The van der Waals surface area contributed by atoms with Gasteiger partial charge in [0.2, 0.25) is 9.98 Å². The van der Waals surface area contributed by atoms with Crippen molar-refractivity contribution in [3.05, 3.63) is 279 Å². The molecule has 0 amide bonds. The molecule has 0 aliphatic carbocycles. The minimum absolute atomic E-state index is 0.0951. The quantitative estimate of drug-likeness (QED) is 0.0582. The summed E-state index contributed by atoms with van der Waals surface area (Å²) in [6, 6.07) is 95.0. The zero-order chi connectivity index (χ0) is 40.8. The predicted octanol–water partition coefficient (Wildman–Crippen LogP) is 11.2. The first-order valence-corrected chi connectivity index (χ1v) is 22.7. The fourth-order valence-corrected chi connectivity index (χ4v) is 13.6. The van der Waals surface area contributed by atoms with Crippen LogP contribution in [0.3, 0.4) is 0 Å². The Kier molecular flexibility index (Phi) is 13.2. The molecule has 0 aliphatic heterocycles. The van der Waals surface area contributed by atoms with Gasteiger partial charge >= 0.3 is 0 Å². The van der Waals surface area contributed by atoms with Crippen LogP contribution in [-0.2, 0) is 10.9 Å². The highest BCUT2D eigenvalue weighted by Gasteiger charge is 2.40. The monoisotopic (exact) mass is 808 g/mol. The van der Waals surface area contributed by atoms with Crippen molar-refractivity contribution in [1.29, 1.82) is 0 Å². The molecule has 0 aliphatic rings. The molecule has 0 N–H and O–H groups in total. The molecule has 9 aromatic rings. The highest BCUT2D eigenvalue weighted by Crippen LogP contribution is 2.42. The van der Waals surface area contributed by atoms with Gasteiger partial charge < -0.3 is 0 Å². The maximum absolute atomic E-state index is 14.5. The summed E-state index contributed by atoms with van der Waals surface area (Å²) in [4.78, 5) is 19.1. The average Bonchev–Trinajstić information content (AvgIpc) is 3.35. The standard InChI is InChI=1S/C32H25OS2.C24H20B/c33-31(26-16-6-1-7-17-26)32(34(27-18-8-2-9-19-27)28-20-10-3-11-21-28)35(29-22-12-4-13-23-29)30-24-14-5-15-25-30;1-5-13-21(14-6-1)25(22-15-7-2-8-16-22,23-17-9-3-10-18-23)24-19-11-4-12-20-24/h1-25H;1-20H/q+1;-1. The average molecular weight is 809 g/mol. The molecule has 0 saturated carbocycles. The molecule has 9 aromatic carbocycles. The zero-order valence-corrected chi connectivity index (χ0v) is 34.9. The number of rotatable bonds is 10. The van der Waals surface area contributed by atoms with E-state index in [0.717, 1.165) is 29.3 Å². The number of benzene rings is 9. The van der Waals surface area contributed by atoms with Gasteiger partial charge in [-0.3, -0.25) is 4.79 Å². The van der Waals surface area contributed by atoms with Gasteiger partial charge in [0.1, 0.15) is 17.0 Å². The Hall–Kier alpha value is -6.72. The lowest BCUT2D eigenvalue weighted by molar-refractivity contribution is 0.107. The van der Waals surface area contributed by atoms with E-state index in [4.69, 9.17) is 0 Å². The van der Waals surface area contributed by atoms with Crippen LogP contribution < -0.4 is 21.9 Å². The molecule has 60 heavy (non-hydrogen) atoms. The Labute approximate surface area is 360 Å². The third-order valence-electron chi connectivity index (χ3n) is 10.7. The number of carbonyl (C=O) groups is 1. The summed E-state index contributed by atoms with van der Waals surface area (Å²) in [6.45, 7) is 0. The number of carbonyl (C=O) groups excluding carboxylic acids is 1. The molecule has 0 aromatic heterocycles. The molecule has 290 valence electrons. The van der Waals surface area contributed by atoms with Crippen LogP contribution in [0.2, 0.25) is 0 Å². The molecule has 0 radical (unpaired) electrons. The number of Topliss-reactive ketones (excluding diaryl/α,β-unsaturated/α-hetero) is 1. The maximum Gasteiger partial charge on any atom is 0.248 e. The van der Waals surface area contributed by atoms with Crippen LogP contribution in [0.5, 0.6) is 0 Å². The molecule has 0 spiro atoms. The van der Waals surface area contributed by atoms with Gasteiger partial charge in [-0.25, -0.2) is 0 Å². The van der Waals surface area contributed by atoms with Crippen LogP contribution in [0.4, 0.5) is 0 Å². The molecular formula is C56H45BOS2. The molecule has 0 saturated heterocycles. The highest BCUT2D eigenvalue weighted by atomic mass is 32.2. The summed E-state index contributed by atoms with van der Waals surface area (Å²) in [5, 5.41) is 0. The van der Waals surface area contributed by atoms with Gasteiger partial charge in [0, 0.05) is 15.4 Å². The predicted molar refractivity (Wildman–Crippen MR) is 260 cm³/mol. The first-order valence-electron chi connectivity index (χ1n) is 20.3. The van der Waals surface area contributed by atoms with E-state index in [1.54, 1.807) is 0 Å². The van der Waals surface area contributed by atoms with Gasteiger partial charge in [-0.2, -0.15) is 21.9 Å². The molecule has 4 heteroatoms. The van der Waals surface area contributed by atoms with Crippen molar-refractivity contribution in [2.24, 2.45) is 0 Å². The third-order valence-corrected chi connectivity index (χ3v) is 15.8. The van der Waals surface area contributed by atoms with Gasteiger partial charge in [0.25, 0.3) is 0 Å². The van der Waals surface area contributed by atoms with Crippen LogP contribution >= 0.6 is 10.5 Å². The summed E-state index contributed by atoms with van der Waals surface area (Å²) in [7, 11) is -1.14. The van der Waals surface area contributed by atoms with E-state index in [0.29, 0.717) is 0 Å². The van der Waals surface area contributed by atoms with Crippen LogP contribution in [0.15, 0.2) is 293 Å². The van der Waals surface area contributed by atoms with E-state index in [1.165, 1.54) is 21.9 Å². The van der Waals surface area contributed by atoms with Crippen molar-refractivity contribution >= 4 is 59.4 Å². The summed E-state index contributed by atoms with van der Waals surface area (Å²) in [5.41, 5.74) is 6.07. The lowest BCUT2D eigenvalue weighted by Crippen LogP contribution is -2.74. The molecule has 0 fully saturated rings. The van der Waals surface area contributed by atoms with Gasteiger partial charge in [-0.05, 0) is 48.5 Å². The number of ketones is 1. The molecular weight excluding hydrogens is 764 g/mol. The second kappa shape index (κ2) is 19.8. The Morgan fingerprint density at radius 2 is 0.567 bits per heavy atom. The largest absolute Gasteiger partial charge is 0.283 e. The van der Waals surface area contributed by atoms with Gasteiger partial charge in [0.05, 0.1) is 0 Å². The normalized spacial score (nSPS) is 11.0. The molecule has 0 bridgehead atoms. The fraction of sp³-hybridized carbons (Fsp3) is 0. The van der Waals surface area contributed by atoms with E-state index in [1.807, 2.05) is 54.6 Å². The van der Waals surface area contributed by atoms with Crippen molar-refractivity contribution in [2.45, 2.75) is 19.6 Å². The lowest BCUT2D eigenvalue weighted by atomic mass is 9.13. The lowest BCUT2D eigenvalue weighted by Gasteiger charge is -2.44. The number of hydrogen-bond donors (Lipinski definition) is 0. The minimum atomic E-state index is -1.22. The van der Waals surface area contributed by atoms with E-state index >= 15 is 0 Å². The van der Waals surface area contributed by atoms with Gasteiger partial charge in [-0.15, -0.1) is 0 Å². The first-order chi connectivity index (χ1) is 29.7. The first kappa shape index (κ1) is 40.1. The highest BCUT2D eigenvalue weighted by molar-refractivity contribution is 8.34. The van der Waals surface area contributed by atoms with Crippen molar-refractivity contribution in [1.82, 2.24) is 0 Å². The van der Waals surface area contributed by atoms with Crippen molar-refractivity contribution in [3.8, 4) is 0 Å². The molecule has 1 nitrogen and oxygen atoms in total. The molecule has 0 atom stereocenters. The summed E-state index contributed by atoms with van der Waals surface area (Å²) >= 11 is 0. The zero-order valence-electron chi connectivity index (χ0n) is 33.3. The van der Waals surface area contributed by atoms with Crippen LogP contribution in [-0.4, -0.2) is 16.1 Å². The fourth-order valence-electron chi connectivity index (χ4n) is 8.02.